The molecule has 4 aromatic rings. The molecule has 7 nitrogen and oxygen atoms in total. The van der Waals surface area contributed by atoms with Crippen molar-refractivity contribution in [2.45, 2.75) is 40.3 Å². The molecule has 0 amide bonds. The zero-order valence-corrected chi connectivity index (χ0v) is 20.1. The quantitative estimate of drug-likeness (QED) is 0.297. The number of rotatable bonds is 9. The number of fused-ring (bicyclic) bond motifs is 3. The van der Waals surface area contributed by atoms with Gasteiger partial charge in [0.25, 0.3) is 5.56 Å². The molecule has 0 aliphatic rings. The van der Waals surface area contributed by atoms with Gasteiger partial charge in [-0.3, -0.25) is 14.2 Å². The number of anilines is 1. The largest absolute Gasteiger partial charge is 0.480 e. The van der Waals surface area contributed by atoms with E-state index in [0.717, 1.165) is 39.5 Å². The van der Waals surface area contributed by atoms with E-state index in [1.54, 1.807) is 0 Å². The van der Waals surface area contributed by atoms with Gasteiger partial charge >= 0.3 is 5.97 Å². The zero-order chi connectivity index (χ0) is 24.9. The fourth-order valence-electron chi connectivity index (χ4n) is 4.09. The van der Waals surface area contributed by atoms with Gasteiger partial charge in [-0.25, -0.2) is 4.98 Å². The Morgan fingerprint density at radius 2 is 1.97 bits per heavy atom. The van der Waals surface area contributed by atoms with Gasteiger partial charge in [0.1, 0.15) is 29.2 Å². The summed E-state index contributed by atoms with van der Waals surface area (Å²) in [4.78, 5) is 29.4. The highest BCUT2D eigenvalue weighted by Gasteiger charge is 2.19. The average molecular weight is 472 g/mol. The van der Waals surface area contributed by atoms with Crippen LogP contribution in [0.15, 0.2) is 76.1 Å². The lowest BCUT2D eigenvalue weighted by Crippen LogP contribution is -2.30. The molecule has 0 bridgehead atoms. The van der Waals surface area contributed by atoms with Gasteiger partial charge < -0.3 is 14.8 Å². The maximum atomic E-state index is 13.3. The van der Waals surface area contributed by atoms with E-state index >= 15 is 0 Å². The van der Waals surface area contributed by atoms with E-state index in [4.69, 9.17) is 4.42 Å². The van der Waals surface area contributed by atoms with E-state index in [0.29, 0.717) is 12.4 Å². The maximum Gasteiger partial charge on any atom is 0.323 e. The molecule has 1 unspecified atom stereocenters. The molecular weight excluding hydrogens is 442 g/mol. The Hall–Kier alpha value is -4.13. The summed E-state index contributed by atoms with van der Waals surface area (Å²) in [5.41, 5.74) is 3.25. The minimum absolute atomic E-state index is 0.105. The molecule has 2 heterocycles. The van der Waals surface area contributed by atoms with Crippen molar-refractivity contribution in [2.75, 3.05) is 5.32 Å². The highest BCUT2D eigenvalue weighted by atomic mass is 16.4. The second-order valence-electron chi connectivity index (χ2n) is 8.52. The fourth-order valence-corrected chi connectivity index (χ4v) is 4.09. The van der Waals surface area contributed by atoms with Crippen molar-refractivity contribution < 1.29 is 14.3 Å². The van der Waals surface area contributed by atoms with Crippen LogP contribution in [0.3, 0.4) is 0 Å². The number of hydrogen-bond donors (Lipinski definition) is 2. The summed E-state index contributed by atoms with van der Waals surface area (Å²) in [7, 11) is 0. The van der Waals surface area contributed by atoms with Crippen molar-refractivity contribution in [1.82, 2.24) is 9.55 Å². The molecule has 0 fully saturated rings. The van der Waals surface area contributed by atoms with Crippen LogP contribution in [-0.4, -0.2) is 20.6 Å². The molecule has 0 aliphatic heterocycles. The standard InChI is InChI=1S/C28H29N3O4/c1-4-6-9-20(18(3)5-2)27-30-16-23(28(34)31(27)17-26(32)33)29-15-19-12-13-25-22(14-19)21-10-7-8-11-24(21)35-25/h4,6-14,16,18,29H,5,15,17H2,1-3H3,(H,32,33)/b6-4-,20-9+. The zero-order valence-electron chi connectivity index (χ0n) is 20.1. The number of allylic oxidation sites excluding steroid dienone is 4. The number of aromatic nitrogens is 2. The number of para-hydroxylation sites is 1. The molecule has 0 aliphatic carbocycles. The van der Waals surface area contributed by atoms with Gasteiger partial charge in [0, 0.05) is 17.3 Å². The molecule has 4 rings (SSSR count). The van der Waals surface area contributed by atoms with Gasteiger partial charge in [0.15, 0.2) is 0 Å². The molecule has 0 saturated carbocycles. The van der Waals surface area contributed by atoms with E-state index in [1.807, 2.05) is 81.5 Å². The number of aliphatic carboxylic acids is 1. The van der Waals surface area contributed by atoms with Crippen molar-refractivity contribution in [3.8, 4) is 0 Å². The summed E-state index contributed by atoms with van der Waals surface area (Å²) in [6.07, 6.45) is 7.98. The molecule has 0 radical (unpaired) electrons. The number of nitrogens with one attached hydrogen (secondary N) is 1. The van der Waals surface area contributed by atoms with E-state index < -0.39 is 18.1 Å². The highest BCUT2D eigenvalue weighted by Crippen LogP contribution is 2.29. The van der Waals surface area contributed by atoms with Gasteiger partial charge in [-0.05, 0) is 48.6 Å². The number of benzene rings is 2. The lowest BCUT2D eigenvalue weighted by atomic mass is 9.96. The summed E-state index contributed by atoms with van der Waals surface area (Å²) in [5, 5.41) is 14.7. The van der Waals surface area contributed by atoms with E-state index in [-0.39, 0.29) is 11.6 Å². The van der Waals surface area contributed by atoms with Crippen LogP contribution < -0.4 is 10.9 Å². The first-order valence-electron chi connectivity index (χ1n) is 11.7. The van der Waals surface area contributed by atoms with Gasteiger partial charge in [0.2, 0.25) is 0 Å². The van der Waals surface area contributed by atoms with Gasteiger partial charge in [0.05, 0.1) is 6.20 Å². The molecule has 1 atom stereocenters. The van der Waals surface area contributed by atoms with Crippen molar-refractivity contribution >= 4 is 39.2 Å². The Morgan fingerprint density at radius 1 is 1.20 bits per heavy atom. The van der Waals surface area contributed by atoms with Crippen LogP contribution in [0.25, 0.3) is 27.5 Å². The second kappa shape index (κ2) is 10.4. The van der Waals surface area contributed by atoms with Crippen LogP contribution >= 0.6 is 0 Å². The first-order valence-corrected chi connectivity index (χ1v) is 11.7. The number of nitrogens with zero attached hydrogens (tertiary/aromatic N) is 2. The summed E-state index contributed by atoms with van der Waals surface area (Å²) in [6.45, 7) is 5.90. The lowest BCUT2D eigenvalue weighted by Gasteiger charge is -2.18. The summed E-state index contributed by atoms with van der Waals surface area (Å²) in [5.74, 6) is -0.616. The Balaban J connectivity index is 1.68. The molecule has 2 aromatic carbocycles. The second-order valence-corrected chi connectivity index (χ2v) is 8.52. The number of hydrogen-bond acceptors (Lipinski definition) is 5. The van der Waals surface area contributed by atoms with Crippen LogP contribution in [0.2, 0.25) is 0 Å². The normalized spacial score (nSPS) is 13.1. The average Bonchev–Trinajstić information content (AvgIpc) is 3.23. The van der Waals surface area contributed by atoms with E-state index in [1.165, 1.54) is 10.8 Å². The molecule has 2 aromatic heterocycles. The van der Waals surface area contributed by atoms with Crippen molar-refractivity contribution in [1.29, 1.82) is 0 Å². The number of furan rings is 1. The van der Waals surface area contributed by atoms with Crippen molar-refractivity contribution in [2.24, 2.45) is 5.92 Å². The predicted octanol–water partition coefficient (Wildman–Crippen LogP) is 5.85. The summed E-state index contributed by atoms with van der Waals surface area (Å²) < 4.78 is 7.12. The van der Waals surface area contributed by atoms with Crippen LogP contribution in [0.4, 0.5) is 5.69 Å². The minimum atomic E-state index is -1.10. The Morgan fingerprint density at radius 3 is 2.71 bits per heavy atom. The van der Waals surface area contributed by atoms with Crippen LogP contribution in [-0.2, 0) is 17.9 Å². The third-order valence-corrected chi connectivity index (χ3v) is 6.13. The smallest absolute Gasteiger partial charge is 0.323 e. The molecule has 0 spiro atoms. The van der Waals surface area contributed by atoms with Crippen LogP contribution in [0, 0.1) is 5.92 Å². The van der Waals surface area contributed by atoms with E-state index in [9.17, 15) is 14.7 Å². The first-order chi connectivity index (χ1) is 16.9. The number of carboxylic acids is 1. The van der Waals surface area contributed by atoms with Crippen molar-refractivity contribution in [3.63, 3.8) is 0 Å². The molecule has 0 saturated heterocycles. The summed E-state index contributed by atoms with van der Waals surface area (Å²) in [6, 6.07) is 13.8. The monoisotopic (exact) mass is 471 g/mol. The molecule has 35 heavy (non-hydrogen) atoms. The Bertz CT molecular complexity index is 1490. The maximum absolute atomic E-state index is 13.3. The third-order valence-electron chi connectivity index (χ3n) is 6.13. The first kappa shape index (κ1) is 24.0. The molecule has 7 heteroatoms. The molecule has 180 valence electrons. The molecular formula is C28H29N3O4. The van der Waals surface area contributed by atoms with Gasteiger partial charge in [-0.2, -0.15) is 0 Å². The van der Waals surface area contributed by atoms with Crippen LogP contribution in [0.1, 0.15) is 38.6 Å². The van der Waals surface area contributed by atoms with Gasteiger partial charge in [-0.15, -0.1) is 0 Å². The summed E-state index contributed by atoms with van der Waals surface area (Å²) >= 11 is 0. The van der Waals surface area contributed by atoms with Crippen molar-refractivity contribution in [3.05, 3.63) is 88.6 Å². The third kappa shape index (κ3) is 5.04. The predicted molar refractivity (Wildman–Crippen MR) is 139 cm³/mol. The van der Waals surface area contributed by atoms with Gasteiger partial charge in [-0.1, -0.05) is 56.3 Å². The Kier molecular flexibility index (Phi) is 7.15. The topological polar surface area (TPSA) is 97.4 Å². The fraction of sp³-hybridized carbons (Fsp3) is 0.250. The van der Waals surface area contributed by atoms with Crippen LogP contribution in [0.5, 0.6) is 0 Å². The van der Waals surface area contributed by atoms with E-state index in [2.05, 4.69) is 10.3 Å². The lowest BCUT2D eigenvalue weighted by molar-refractivity contribution is -0.137. The number of carboxylic acid groups (broad SMARTS) is 1. The minimum Gasteiger partial charge on any atom is -0.480 e. The highest BCUT2D eigenvalue weighted by molar-refractivity contribution is 6.05. The molecule has 2 N–H and O–H groups in total. The SMILES string of the molecule is C/C=C\C=C(\c1ncc(NCc2ccc3oc4ccccc4c3c2)c(=O)n1CC(=O)O)C(C)CC. The Labute approximate surface area is 203 Å². The number of carbonyl (C=O) groups is 1.